The van der Waals surface area contributed by atoms with Crippen molar-refractivity contribution in [3.05, 3.63) is 0 Å². The van der Waals surface area contributed by atoms with E-state index >= 15 is 0 Å². The minimum Gasteiger partial charge on any atom is 2.00 e. The van der Waals surface area contributed by atoms with Gasteiger partial charge in [-0.25, -0.2) is 0 Å². The molecule has 0 unspecified atom stereocenters. The zero-order valence-corrected chi connectivity index (χ0v) is 8.13. The molecule has 0 aliphatic carbocycles. The Morgan fingerprint density at radius 3 is 1.00 bits per heavy atom. The van der Waals surface area contributed by atoms with Crippen LogP contribution in [0.3, 0.4) is 0 Å². The summed E-state index contributed by atoms with van der Waals surface area (Å²) in [5.74, 6) is 0. The van der Waals surface area contributed by atoms with E-state index in [-0.39, 0.29) is 83.9 Å². The largest absolute Gasteiger partial charge is 3.00 e. The number of hydrogen-bond donors (Lipinski definition) is 0. The van der Waals surface area contributed by atoms with Crippen molar-refractivity contribution in [3.63, 3.8) is 0 Å². The van der Waals surface area contributed by atoms with Crippen molar-refractivity contribution >= 4 is 17.4 Å². The van der Waals surface area contributed by atoms with E-state index in [0.717, 1.165) is 0 Å². The third-order valence-corrected chi connectivity index (χ3v) is 0. The summed E-state index contributed by atoms with van der Waals surface area (Å²) in [5, 5.41) is 0. The zero-order valence-electron chi connectivity index (χ0n) is 1.88. The molecule has 0 radical (unpaired) electrons. The fourth-order valence-electron chi connectivity index (χ4n) is 0. The van der Waals surface area contributed by atoms with Gasteiger partial charge in [0.1, 0.15) is 0 Å². The molecule has 0 rings (SSSR count). The molecule has 0 heterocycles. The predicted molar refractivity (Wildman–Crippen MR) is 5.75 cm³/mol. The van der Waals surface area contributed by atoms with Crippen LogP contribution < -0.4 is 0 Å². The molecule has 4 heteroatoms. The molecule has 0 bridgehead atoms. The van der Waals surface area contributed by atoms with Gasteiger partial charge in [-0.05, 0) is 0 Å². The van der Waals surface area contributed by atoms with Crippen molar-refractivity contribution < 1.29 is 66.6 Å². The standard InChI is InChI=1S/Al.Cr.Ni.Y/q+3;2*+2;+3. The minimum atomic E-state index is 0. The van der Waals surface area contributed by atoms with Gasteiger partial charge >= 0.3 is 83.9 Å². The molecule has 0 aliphatic heterocycles. The van der Waals surface area contributed by atoms with Crippen LogP contribution in [0.1, 0.15) is 0 Å². The Labute approximate surface area is 82.5 Å². The maximum atomic E-state index is 0. The molecule has 0 fully saturated rings. The second kappa shape index (κ2) is 17.4. The first-order valence-corrected chi connectivity index (χ1v) is 0. The molecule has 0 saturated carbocycles. The van der Waals surface area contributed by atoms with E-state index in [2.05, 4.69) is 0 Å². The Hall–Kier alpha value is 2.66. The second-order valence-electron chi connectivity index (χ2n) is 0. The van der Waals surface area contributed by atoms with Crippen molar-refractivity contribution in [2.45, 2.75) is 0 Å². The van der Waals surface area contributed by atoms with Crippen LogP contribution in [0.25, 0.3) is 0 Å². The van der Waals surface area contributed by atoms with Crippen LogP contribution in [0.2, 0.25) is 0 Å². The molecule has 0 spiro atoms. The Bertz CT molecular complexity index is 8.00. The average molecular weight is 227 g/mol. The summed E-state index contributed by atoms with van der Waals surface area (Å²) in [5.41, 5.74) is 0. The molecule has 4 heavy (non-hydrogen) atoms. The van der Waals surface area contributed by atoms with Crippen molar-refractivity contribution in [2.75, 3.05) is 0 Å². The van der Waals surface area contributed by atoms with Crippen LogP contribution in [0.4, 0.5) is 0 Å². The normalized spacial score (nSPS) is 0. The van der Waals surface area contributed by atoms with E-state index in [9.17, 15) is 0 Å². The van der Waals surface area contributed by atoms with Gasteiger partial charge < -0.3 is 0 Å². The van der Waals surface area contributed by atoms with E-state index in [1.807, 2.05) is 0 Å². The van der Waals surface area contributed by atoms with Gasteiger partial charge in [0.2, 0.25) is 0 Å². The molecule has 0 aromatic heterocycles. The maximum absolute atomic E-state index is 0. The van der Waals surface area contributed by atoms with Crippen LogP contribution in [0, 0.1) is 0 Å². The fourth-order valence-corrected chi connectivity index (χ4v) is 0. The smallest absolute Gasteiger partial charge is 2.00 e. The summed E-state index contributed by atoms with van der Waals surface area (Å²) < 4.78 is 0. The van der Waals surface area contributed by atoms with Crippen LogP contribution in [-0.4, -0.2) is 17.4 Å². The summed E-state index contributed by atoms with van der Waals surface area (Å²) in [6.45, 7) is 0. The first kappa shape index (κ1) is 30.1. The first-order valence-electron chi connectivity index (χ1n) is 0. The van der Waals surface area contributed by atoms with Gasteiger partial charge in [-0.15, -0.1) is 0 Å². The van der Waals surface area contributed by atoms with Gasteiger partial charge in [0, 0.05) is 0 Å². The summed E-state index contributed by atoms with van der Waals surface area (Å²) >= 11 is 0. The third kappa shape index (κ3) is 8.82. The monoisotopic (exact) mass is 226 g/mol. The summed E-state index contributed by atoms with van der Waals surface area (Å²) in [6, 6.07) is 0. The molecule has 0 aromatic carbocycles. The number of rotatable bonds is 0. The molecule has 0 saturated heterocycles. The SMILES string of the molecule is [Al+3].[Cr+2].[Ni+2].[Y+3]. The van der Waals surface area contributed by atoms with Crippen molar-refractivity contribution in [2.24, 2.45) is 0 Å². The van der Waals surface area contributed by atoms with Gasteiger partial charge in [0.15, 0.2) is 0 Å². The Morgan fingerprint density at radius 2 is 1.00 bits per heavy atom. The van der Waals surface area contributed by atoms with E-state index in [1.54, 1.807) is 0 Å². The molecule has 0 N–H and O–H groups in total. The minimum absolute atomic E-state index is 0. The van der Waals surface area contributed by atoms with E-state index in [0.29, 0.717) is 0 Å². The van der Waals surface area contributed by atoms with Gasteiger partial charge in [0.25, 0.3) is 0 Å². The van der Waals surface area contributed by atoms with Gasteiger partial charge in [-0.3, -0.25) is 0 Å². The molecule has 0 aromatic rings. The molecule has 0 atom stereocenters. The molecule has 0 aliphatic rings. The summed E-state index contributed by atoms with van der Waals surface area (Å²) in [7, 11) is 0. The Balaban J connectivity index is 0. The first-order chi connectivity index (χ1) is 0. The molecule has 0 nitrogen and oxygen atoms in total. The van der Waals surface area contributed by atoms with Gasteiger partial charge in [0.05, 0.1) is 0 Å². The fraction of sp³-hybridized carbons (Fsp3) is 0. The second-order valence-corrected chi connectivity index (χ2v) is 0. The van der Waals surface area contributed by atoms with Crippen LogP contribution in [0.15, 0.2) is 0 Å². The third-order valence-electron chi connectivity index (χ3n) is 0. The zero-order chi connectivity index (χ0) is 0. The summed E-state index contributed by atoms with van der Waals surface area (Å²) in [6.07, 6.45) is 0. The van der Waals surface area contributed by atoms with Crippen LogP contribution >= 0.6 is 0 Å². The Morgan fingerprint density at radius 1 is 1.00 bits per heavy atom. The van der Waals surface area contributed by atoms with Crippen molar-refractivity contribution in [1.29, 1.82) is 0 Å². The van der Waals surface area contributed by atoms with E-state index < -0.39 is 0 Å². The predicted octanol–water partition coefficient (Wildman–Crippen LogP) is -0.388. The van der Waals surface area contributed by atoms with Gasteiger partial charge in [-0.1, -0.05) is 0 Å². The topological polar surface area (TPSA) is 0 Å². The van der Waals surface area contributed by atoms with Crippen LogP contribution in [0.5, 0.6) is 0 Å². The van der Waals surface area contributed by atoms with Crippen LogP contribution in [-0.2, 0) is 66.6 Å². The number of hydrogen-bond acceptors (Lipinski definition) is 0. The quantitative estimate of drug-likeness (QED) is 0.494. The summed E-state index contributed by atoms with van der Waals surface area (Å²) in [4.78, 5) is 0. The molecule has 12 valence electrons. The maximum Gasteiger partial charge on any atom is 3.00 e. The average Bonchev–Trinajstić information content (AvgIpc) is 0. The van der Waals surface area contributed by atoms with E-state index in [1.165, 1.54) is 0 Å². The van der Waals surface area contributed by atoms with Crippen molar-refractivity contribution in [1.82, 2.24) is 0 Å². The molecule has 0 amide bonds. The van der Waals surface area contributed by atoms with Crippen molar-refractivity contribution in [3.8, 4) is 0 Å². The van der Waals surface area contributed by atoms with Gasteiger partial charge in [-0.2, -0.15) is 0 Å². The molecular weight excluding hydrogens is 227 g/mol. The van der Waals surface area contributed by atoms with E-state index in [4.69, 9.17) is 0 Å². The Kier molecular flexibility index (Phi) is 131. The molecular formula is AlCrNiY+10.